The first-order chi connectivity index (χ1) is 6.61. The molecule has 1 aromatic heterocycles. The second kappa shape index (κ2) is 4.32. The molecule has 0 fully saturated rings. The third-order valence-corrected chi connectivity index (χ3v) is 1.96. The molecule has 0 unspecified atom stereocenters. The molecule has 0 aliphatic rings. The molecule has 76 valence electrons. The first-order valence-corrected chi connectivity index (χ1v) is 4.15. The summed E-state index contributed by atoms with van der Waals surface area (Å²) in [6.07, 6.45) is -1.59. The van der Waals surface area contributed by atoms with Gasteiger partial charge in [-0.2, -0.15) is 0 Å². The zero-order chi connectivity index (χ0) is 10.7. The molecule has 0 bridgehead atoms. The van der Waals surface area contributed by atoms with Crippen molar-refractivity contribution in [2.45, 2.75) is 12.3 Å². The van der Waals surface area contributed by atoms with Crippen LogP contribution in [0.5, 0.6) is 5.75 Å². The number of pyridine rings is 1. The zero-order valence-corrected chi connectivity index (χ0v) is 7.63. The standard InChI is InChI=1S/C8H6ClF2NO2/c9-1-4-2-12-6(8(10)11)7(14)5(4)3-13/h2-3,8,14H,1H2. The highest BCUT2D eigenvalue weighted by molar-refractivity contribution is 6.17. The van der Waals surface area contributed by atoms with Crippen LogP contribution in [0.1, 0.15) is 28.0 Å². The van der Waals surface area contributed by atoms with E-state index in [1.165, 1.54) is 0 Å². The Labute approximate surface area is 83.3 Å². The van der Waals surface area contributed by atoms with Gasteiger partial charge >= 0.3 is 0 Å². The molecule has 6 heteroatoms. The van der Waals surface area contributed by atoms with Crippen LogP contribution in [0, 0.1) is 0 Å². The van der Waals surface area contributed by atoms with Crippen LogP contribution in [-0.4, -0.2) is 16.4 Å². The maximum absolute atomic E-state index is 12.2. The summed E-state index contributed by atoms with van der Waals surface area (Å²) in [6, 6.07) is 0. The van der Waals surface area contributed by atoms with Crippen LogP contribution in [0.25, 0.3) is 0 Å². The third kappa shape index (κ3) is 1.82. The van der Waals surface area contributed by atoms with Crippen LogP contribution in [0.4, 0.5) is 8.78 Å². The minimum absolute atomic E-state index is 0.0713. The number of carbonyl (C=O) groups is 1. The van der Waals surface area contributed by atoms with Crippen molar-refractivity contribution in [1.82, 2.24) is 4.98 Å². The van der Waals surface area contributed by atoms with Crippen LogP contribution in [-0.2, 0) is 5.88 Å². The monoisotopic (exact) mass is 221 g/mol. The summed E-state index contributed by atoms with van der Waals surface area (Å²) in [6.45, 7) is 0. The Morgan fingerprint density at radius 2 is 2.29 bits per heavy atom. The van der Waals surface area contributed by atoms with Crippen LogP contribution in [0.15, 0.2) is 6.20 Å². The predicted molar refractivity (Wildman–Crippen MR) is 45.8 cm³/mol. The van der Waals surface area contributed by atoms with Gasteiger partial charge < -0.3 is 5.11 Å². The lowest BCUT2D eigenvalue weighted by molar-refractivity contribution is 0.111. The SMILES string of the molecule is O=Cc1c(CCl)cnc(C(F)F)c1O. The van der Waals surface area contributed by atoms with Gasteiger partial charge in [0.1, 0.15) is 5.69 Å². The number of alkyl halides is 3. The van der Waals surface area contributed by atoms with Crippen molar-refractivity contribution >= 4 is 17.9 Å². The van der Waals surface area contributed by atoms with Crippen molar-refractivity contribution in [1.29, 1.82) is 0 Å². The van der Waals surface area contributed by atoms with E-state index in [1.54, 1.807) is 0 Å². The molecule has 1 aromatic rings. The Morgan fingerprint density at radius 3 is 2.71 bits per heavy atom. The van der Waals surface area contributed by atoms with Gasteiger partial charge in [0.25, 0.3) is 6.43 Å². The lowest BCUT2D eigenvalue weighted by Gasteiger charge is -2.07. The summed E-state index contributed by atoms with van der Waals surface area (Å²) < 4.78 is 24.4. The molecule has 0 spiro atoms. The van der Waals surface area contributed by atoms with Gasteiger partial charge in [-0.25, -0.2) is 8.78 Å². The van der Waals surface area contributed by atoms with Gasteiger partial charge in [0.15, 0.2) is 12.0 Å². The van der Waals surface area contributed by atoms with E-state index >= 15 is 0 Å². The predicted octanol–water partition coefficient (Wildman–Crippen LogP) is 2.28. The molecule has 0 saturated carbocycles. The molecule has 0 radical (unpaired) electrons. The summed E-state index contributed by atoms with van der Waals surface area (Å²) in [5.74, 6) is -0.869. The van der Waals surface area contributed by atoms with Crippen molar-refractivity contribution in [3.8, 4) is 5.75 Å². The summed E-state index contributed by atoms with van der Waals surface area (Å²) in [4.78, 5) is 13.8. The molecule has 3 nitrogen and oxygen atoms in total. The first kappa shape index (κ1) is 10.8. The number of carbonyl (C=O) groups excluding carboxylic acids is 1. The smallest absolute Gasteiger partial charge is 0.284 e. The van der Waals surface area contributed by atoms with Gasteiger partial charge in [-0.15, -0.1) is 11.6 Å². The number of nitrogens with zero attached hydrogens (tertiary/aromatic N) is 1. The van der Waals surface area contributed by atoms with E-state index in [4.69, 9.17) is 11.6 Å². The van der Waals surface area contributed by atoms with Crippen LogP contribution >= 0.6 is 11.6 Å². The Bertz CT molecular complexity index is 357. The largest absolute Gasteiger partial charge is 0.505 e. The maximum atomic E-state index is 12.2. The number of aldehydes is 1. The number of halogens is 3. The van der Waals surface area contributed by atoms with E-state index in [-0.39, 0.29) is 23.3 Å². The van der Waals surface area contributed by atoms with E-state index in [0.29, 0.717) is 0 Å². The number of aromatic hydroxyl groups is 1. The molecule has 0 atom stereocenters. The zero-order valence-electron chi connectivity index (χ0n) is 6.88. The van der Waals surface area contributed by atoms with E-state index < -0.39 is 17.9 Å². The van der Waals surface area contributed by atoms with E-state index in [1.807, 2.05) is 0 Å². The fourth-order valence-corrected chi connectivity index (χ4v) is 1.18. The molecule has 0 aromatic carbocycles. The number of rotatable bonds is 3. The number of hydrogen-bond donors (Lipinski definition) is 1. The average molecular weight is 222 g/mol. The molecule has 0 aliphatic heterocycles. The van der Waals surface area contributed by atoms with Gasteiger partial charge in [-0.3, -0.25) is 9.78 Å². The van der Waals surface area contributed by atoms with Gasteiger partial charge in [0.05, 0.1) is 5.56 Å². The third-order valence-electron chi connectivity index (χ3n) is 1.67. The molecule has 1 N–H and O–H groups in total. The minimum Gasteiger partial charge on any atom is -0.505 e. The second-order valence-electron chi connectivity index (χ2n) is 2.48. The normalized spacial score (nSPS) is 10.6. The Balaban J connectivity index is 3.34. The van der Waals surface area contributed by atoms with Crippen LogP contribution in [0.2, 0.25) is 0 Å². The summed E-state index contributed by atoms with van der Waals surface area (Å²) in [7, 11) is 0. The number of hydrogen-bond acceptors (Lipinski definition) is 3. The highest BCUT2D eigenvalue weighted by Crippen LogP contribution is 2.30. The van der Waals surface area contributed by atoms with E-state index in [2.05, 4.69) is 4.98 Å². The average Bonchev–Trinajstić information content (AvgIpc) is 2.16. The lowest BCUT2D eigenvalue weighted by Crippen LogP contribution is -1.99. The van der Waals surface area contributed by atoms with Crippen LogP contribution < -0.4 is 0 Å². The van der Waals surface area contributed by atoms with Crippen molar-refractivity contribution in [3.63, 3.8) is 0 Å². The van der Waals surface area contributed by atoms with Gasteiger partial charge in [0, 0.05) is 12.1 Å². The van der Waals surface area contributed by atoms with Gasteiger partial charge in [0.2, 0.25) is 0 Å². The molecular weight excluding hydrogens is 216 g/mol. The lowest BCUT2D eigenvalue weighted by atomic mass is 10.1. The summed E-state index contributed by atoms with van der Waals surface area (Å²) in [5, 5.41) is 9.24. The van der Waals surface area contributed by atoms with E-state index in [9.17, 15) is 18.7 Å². The maximum Gasteiger partial charge on any atom is 0.284 e. The van der Waals surface area contributed by atoms with Gasteiger partial charge in [-0.05, 0) is 5.56 Å². The number of aromatic nitrogens is 1. The molecule has 14 heavy (non-hydrogen) atoms. The van der Waals surface area contributed by atoms with Crippen molar-refractivity contribution in [3.05, 3.63) is 23.0 Å². The minimum atomic E-state index is -2.92. The van der Waals surface area contributed by atoms with Crippen molar-refractivity contribution in [2.24, 2.45) is 0 Å². The fraction of sp³-hybridized carbons (Fsp3) is 0.250. The van der Waals surface area contributed by atoms with Crippen LogP contribution in [0.3, 0.4) is 0 Å². The highest BCUT2D eigenvalue weighted by atomic mass is 35.5. The van der Waals surface area contributed by atoms with Gasteiger partial charge in [-0.1, -0.05) is 0 Å². The van der Waals surface area contributed by atoms with Crippen molar-refractivity contribution in [2.75, 3.05) is 0 Å². The van der Waals surface area contributed by atoms with Crippen molar-refractivity contribution < 1.29 is 18.7 Å². The summed E-state index contributed by atoms with van der Waals surface area (Å²) >= 11 is 5.42. The first-order valence-electron chi connectivity index (χ1n) is 3.61. The highest BCUT2D eigenvalue weighted by Gasteiger charge is 2.19. The summed E-state index contributed by atoms with van der Waals surface area (Å²) in [5.41, 5.74) is -0.810. The Morgan fingerprint density at radius 1 is 1.64 bits per heavy atom. The second-order valence-corrected chi connectivity index (χ2v) is 2.75. The molecule has 1 heterocycles. The topological polar surface area (TPSA) is 50.2 Å². The Kier molecular flexibility index (Phi) is 3.35. The molecule has 1 rings (SSSR count). The molecule has 0 saturated heterocycles. The Hall–Kier alpha value is -1.23. The molecular formula is C8H6ClF2NO2. The molecule has 0 aliphatic carbocycles. The quantitative estimate of drug-likeness (QED) is 0.629. The van der Waals surface area contributed by atoms with E-state index in [0.717, 1.165) is 6.20 Å². The molecule has 0 amide bonds. The fourth-order valence-electron chi connectivity index (χ4n) is 0.966.